The van der Waals surface area contributed by atoms with Gasteiger partial charge in [-0.3, -0.25) is 0 Å². The molecule has 1 aromatic rings. The van der Waals surface area contributed by atoms with E-state index in [1.165, 1.54) is 24.3 Å². The second kappa shape index (κ2) is 5.68. The lowest BCUT2D eigenvalue weighted by molar-refractivity contribution is 0.105. The Bertz CT molecular complexity index is 364. The fourth-order valence-corrected chi connectivity index (χ4v) is 3.97. The van der Waals surface area contributed by atoms with Crippen LogP contribution in [0.5, 0.6) is 0 Å². The standard InChI is InChI=1S/C14H24N2OS/c1-13(2)5-4-6-14(11-13,16-7-9-17-3)12-15-8-10-18-12/h8,10,16H,4-7,9,11H2,1-3H3. The Hall–Kier alpha value is -0.450. The monoisotopic (exact) mass is 268 g/mol. The molecule has 2 rings (SSSR count). The molecule has 0 aliphatic heterocycles. The van der Waals surface area contributed by atoms with Crippen molar-refractivity contribution < 1.29 is 4.74 Å². The predicted octanol–water partition coefficient (Wildman–Crippen LogP) is 3.17. The van der Waals surface area contributed by atoms with Crippen LogP contribution in [-0.2, 0) is 10.3 Å². The maximum Gasteiger partial charge on any atom is 0.113 e. The van der Waals surface area contributed by atoms with Gasteiger partial charge in [0.15, 0.2) is 0 Å². The van der Waals surface area contributed by atoms with E-state index in [0.29, 0.717) is 5.41 Å². The molecular weight excluding hydrogens is 244 g/mol. The second-order valence-electron chi connectivity index (χ2n) is 6.03. The number of aromatic nitrogens is 1. The third-order valence-corrected chi connectivity index (χ3v) is 4.83. The third-order valence-electron chi connectivity index (χ3n) is 3.85. The van der Waals surface area contributed by atoms with Crippen molar-refractivity contribution in [1.29, 1.82) is 0 Å². The number of hydrogen-bond acceptors (Lipinski definition) is 4. The van der Waals surface area contributed by atoms with E-state index in [-0.39, 0.29) is 5.54 Å². The summed E-state index contributed by atoms with van der Waals surface area (Å²) in [6, 6.07) is 0. The van der Waals surface area contributed by atoms with Crippen molar-refractivity contribution in [3.8, 4) is 0 Å². The zero-order valence-corrected chi connectivity index (χ0v) is 12.5. The van der Waals surface area contributed by atoms with Crippen molar-refractivity contribution in [2.24, 2.45) is 5.41 Å². The summed E-state index contributed by atoms with van der Waals surface area (Å²) >= 11 is 1.77. The first-order chi connectivity index (χ1) is 8.58. The average Bonchev–Trinajstić information content (AvgIpc) is 2.82. The van der Waals surface area contributed by atoms with E-state index in [0.717, 1.165) is 19.6 Å². The van der Waals surface area contributed by atoms with E-state index in [4.69, 9.17) is 4.74 Å². The number of nitrogens with one attached hydrogen (secondary N) is 1. The molecule has 0 amide bonds. The van der Waals surface area contributed by atoms with Gasteiger partial charge in [0.1, 0.15) is 5.01 Å². The molecule has 1 aliphatic carbocycles. The van der Waals surface area contributed by atoms with E-state index < -0.39 is 0 Å². The van der Waals surface area contributed by atoms with Crippen LogP contribution in [0.15, 0.2) is 11.6 Å². The molecule has 18 heavy (non-hydrogen) atoms. The molecule has 1 aliphatic rings. The van der Waals surface area contributed by atoms with Crippen LogP contribution in [0.3, 0.4) is 0 Å². The van der Waals surface area contributed by atoms with E-state index in [1.807, 2.05) is 6.20 Å². The number of rotatable bonds is 5. The van der Waals surface area contributed by atoms with E-state index in [2.05, 4.69) is 29.5 Å². The minimum atomic E-state index is 0.0639. The maximum atomic E-state index is 5.17. The summed E-state index contributed by atoms with van der Waals surface area (Å²) in [5.41, 5.74) is 0.457. The highest BCUT2D eigenvalue weighted by molar-refractivity contribution is 7.09. The number of nitrogens with zero attached hydrogens (tertiary/aromatic N) is 1. The molecule has 1 N–H and O–H groups in total. The number of hydrogen-bond donors (Lipinski definition) is 1. The Morgan fingerprint density at radius 3 is 2.89 bits per heavy atom. The van der Waals surface area contributed by atoms with Gasteiger partial charge in [-0.05, 0) is 24.7 Å². The van der Waals surface area contributed by atoms with Gasteiger partial charge in [0.25, 0.3) is 0 Å². The summed E-state index contributed by atoms with van der Waals surface area (Å²) in [4.78, 5) is 4.57. The van der Waals surface area contributed by atoms with Crippen LogP contribution in [0.25, 0.3) is 0 Å². The van der Waals surface area contributed by atoms with Gasteiger partial charge in [-0.2, -0.15) is 0 Å². The van der Waals surface area contributed by atoms with Gasteiger partial charge in [-0.1, -0.05) is 20.3 Å². The van der Waals surface area contributed by atoms with Gasteiger partial charge < -0.3 is 10.1 Å². The molecule has 3 nitrogen and oxygen atoms in total. The van der Waals surface area contributed by atoms with Crippen molar-refractivity contribution in [1.82, 2.24) is 10.3 Å². The average molecular weight is 268 g/mol. The molecule has 1 saturated carbocycles. The molecule has 102 valence electrons. The van der Waals surface area contributed by atoms with Gasteiger partial charge in [0.2, 0.25) is 0 Å². The van der Waals surface area contributed by atoms with Gasteiger partial charge in [-0.25, -0.2) is 4.98 Å². The molecule has 0 bridgehead atoms. The van der Waals surface area contributed by atoms with E-state index in [9.17, 15) is 0 Å². The SMILES string of the molecule is COCCNC1(c2nccs2)CCCC(C)(C)C1. The van der Waals surface area contributed by atoms with Crippen molar-refractivity contribution in [2.45, 2.75) is 45.1 Å². The summed E-state index contributed by atoms with van der Waals surface area (Å²) in [6.45, 7) is 6.39. The van der Waals surface area contributed by atoms with E-state index in [1.54, 1.807) is 18.4 Å². The van der Waals surface area contributed by atoms with Crippen molar-refractivity contribution in [3.05, 3.63) is 16.6 Å². The Kier molecular flexibility index (Phi) is 4.41. The van der Waals surface area contributed by atoms with Crippen LogP contribution in [0.2, 0.25) is 0 Å². The Labute approximate surface area is 114 Å². The predicted molar refractivity (Wildman–Crippen MR) is 75.9 cm³/mol. The lowest BCUT2D eigenvalue weighted by atomic mass is 9.68. The summed E-state index contributed by atoms with van der Waals surface area (Å²) in [5, 5.41) is 7.04. The molecule has 4 heteroatoms. The zero-order valence-electron chi connectivity index (χ0n) is 11.7. The van der Waals surface area contributed by atoms with Crippen LogP contribution < -0.4 is 5.32 Å². The highest BCUT2D eigenvalue weighted by Gasteiger charge is 2.42. The Balaban J connectivity index is 2.17. The molecule has 0 saturated heterocycles. The second-order valence-corrected chi connectivity index (χ2v) is 6.93. The van der Waals surface area contributed by atoms with Gasteiger partial charge in [0, 0.05) is 25.2 Å². The number of thiazole rings is 1. The lowest BCUT2D eigenvalue weighted by Crippen LogP contribution is -2.49. The maximum absolute atomic E-state index is 5.17. The minimum Gasteiger partial charge on any atom is -0.383 e. The van der Waals surface area contributed by atoms with Crippen LogP contribution in [-0.4, -0.2) is 25.2 Å². The first-order valence-corrected chi connectivity index (χ1v) is 7.60. The number of ether oxygens (including phenoxy) is 1. The molecule has 1 fully saturated rings. The summed E-state index contributed by atoms with van der Waals surface area (Å²) < 4.78 is 5.17. The first kappa shape index (κ1) is 14.0. The third kappa shape index (κ3) is 3.11. The van der Waals surface area contributed by atoms with Crippen LogP contribution in [0, 0.1) is 5.41 Å². The van der Waals surface area contributed by atoms with Gasteiger partial charge >= 0.3 is 0 Å². The highest BCUT2D eigenvalue weighted by Crippen LogP contribution is 2.46. The summed E-state index contributed by atoms with van der Waals surface area (Å²) in [5.74, 6) is 0. The molecule has 0 aromatic carbocycles. The summed E-state index contributed by atoms with van der Waals surface area (Å²) in [7, 11) is 1.75. The molecule has 1 atom stereocenters. The minimum absolute atomic E-state index is 0.0639. The largest absolute Gasteiger partial charge is 0.383 e. The van der Waals surface area contributed by atoms with E-state index >= 15 is 0 Å². The fraction of sp³-hybridized carbons (Fsp3) is 0.786. The normalized spacial score (nSPS) is 27.3. The number of methoxy groups -OCH3 is 1. The van der Waals surface area contributed by atoms with Gasteiger partial charge in [0.05, 0.1) is 12.1 Å². The molecule has 0 radical (unpaired) electrons. The Morgan fingerprint density at radius 1 is 1.44 bits per heavy atom. The van der Waals surface area contributed by atoms with Crippen molar-refractivity contribution >= 4 is 11.3 Å². The topological polar surface area (TPSA) is 34.1 Å². The smallest absolute Gasteiger partial charge is 0.113 e. The zero-order chi connectivity index (χ0) is 13.1. The molecule has 1 heterocycles. The summed E-state index contributed by atoms with van der Waals surface area (Å²) in [6.07, 6.45) is 6.85. The first-order valence-electron chi connectivity index (χ1n) is 6.72. The van der Waals surface area contributed by atoms with Crippen LogP contribution in [0.1, 0.15) is 44.5 Å². The molecule has 1 unspecified atom stereocenters. The lowest BCUT2D eigenvalue weighted by Gasteiger charge is -2.44. The van der Waals surface area contributed by atoms with Crippen molar-refractivity contribution in [3.63, 3.8) is 0 Å². The molecular formula is C14H24N2OS. The highest BCUT2D eigenvalue weighted by atomic mass is 32.1. The van der Waals surface area contributed by atoms with Gasteiger partial charge in [-0.15, -0.1) is 11.3 Å². The quantitative estimate of drug-likeness (QED) is 0.833. The fourth-order valence-electron chi connectivity index (χ4n) is 3.12. The van der Waals surface area contributed by atoms with Crippen molar-refractivity contribution in [2.75, 3.05) is 20.3 Å². The molecule has 1 aromatic heterocycles. The van der Waals surface area contributed by atoms with Crippen LogP contribution in [0.4, 0.5) is 0 Å². The van der Waals surface area contributed by atoms with Crippen LogP contribution >= 0.6 is 11.3 Å². The Morgan fingerprint density at radius 2 is 2.28 bits per heavy atom. The molecule has 0 spiro atoms.